The quantitative estimate of drug-likeness (QED) is 0.938. The van der Waals surface area contributed by atoms with Crippen LogP contribution in [-0.4, -0.2) is 27.8 Å². The number of aryl methyl sites for hydroxylation is 1. The van der Waals surface area contributed by atoms with Crippen LogP contribution in [0.5, 0.6) is 0 Å². The van der Waals surface area contributed by atoms with Crippen LogP contribution in [-0.2, 0) is 13.6 Å². The molecule has 2 aromatic rings. The van der Waals surface area contributed by atoms with Crippen LogP contribution in [0.3, 0.4) is 0 Å². The molecule has 1 N–H and O–H groups in total. The third-order valence-corrected chi connectivity index (χ3v) is 2.70. The van der Waals surface area contributed by atoms with E-state index in [-0.39, 0.29) is 5.69 Å². The van der Waals surface area contributed by atoms with Crippen molar-refractivity contribution in [3.05, 3.63) is 47.8 Å². The molecule has 0 aliphatic carbocycles. The summed E-state index contributed by atoms with van der Waals surface area (Å²) in [4.78, 5) is 13.3. The molecule has 0 fully saturated rings. The van der Waals surface area contributed by atoms with E-state index < -0.39 is 17.7 Å². The van der Waals surface area contributed by atoms with Gasteiger partial charge in [0.25, 0.3) is 0 Å². The molecule has 1 aromatic carbocycles. The first kappa shape index (κ1) is 14.0. The van der Waals surface area contributed by atoms with Crippen molar-refractivity contribution in [2.24, 2.45) is 7.05 Å². The Kier molecular flexibility index (Phi) is 3.97. The van der Waals surface area contributed by atoms with Crippen LogP contribution in [0, 0.1) is 11.6 Å². The van der Waals surface area contributed by atoms with Crippen molar-refractivity contribution in [3.63, 3.8) is 0 Å². The number of benzene rings is 1. The highest BCUT2D eigenvalue weighted by atomic mass is 19.1. The van der Waals surface area contributed by atoms with Gasteiger partial charge < -0.3 is 10.2 Å². The lowest BCUT2D eigenvalue weighted by molar-refractivity contribution is 0.220. The highest BCUT2D eigenvalue weighted by Crippen LogP contribution is 2.15. The van der Waals surface area contributed by atoms with E-state index in [1.165, 1.54) is 11.0 Å². The van der Waals surface area contributed by atoms with Gasteiger partial charge in [-0.2, -0.15) is 5.10 Å². The van der Waals surface area contributed by atoms with Gasteiger partial charge in [-0.25, -0.2) is 13.6 Å². The molecule has 0 aliphatic rings. The lowest BCUT2D eigenvalue weighted by atomic mass is 10.3. The van der Waals surface area contributed by atoms with Crippen LogP contribution in [0.15, 0.2) is 30.6 Å². The van der Waals surface area contributed by atoms with E-state index in [4.69, 9.17) is 0 Å². The average molecular weight is 280 g/mol. The molecule has 2 amide bonds. The van der Waals surface area contributed by atoms with Gasteiger partial charge in [0.1, 0.15) is 11.6 Å². The van der Waals surface area contributed by atoms with Crippen LogP contribution in [0.25, 0.3) is 0 Å². The van der Waals surface area contributed by atoms with Crippen LogP contribution in [0.4, 0.5) is 19.3 Å². The summed E-state index contributed by atoms with van der Waals surface area (Å²) in [7, 11) is 3.35. The van der Waals surface area contributed by atoms with Gasteiger partial charge in [0.05, 0.1) is 18.4 Å². The standard InChI is InChI=1S/C13H14F2N4O/c1-18(7-9-6-16-19(2)8-9)13(20)17-12-4-3-10(14)5-11(12)15/h3-6,8H,7H2,1-2H3,(H,17,20). The molecule has 106 valence electrons. The maximum Gasteiger partial charge on any atom is 0.321 e. The molecule has 0 unspecified atom stereocenters. The minimum absolute atomic E-state index is 0.0607. The fourth-order valence-corrected chi connectivity index (χ4v) is 1.70. The number of amides is 2. The number of hydrogen-bond acceptors (Lipinski definition) is 2. The summed E-state index contributed by atoms with van der Waals surface area (Å²) in [6.07, 6.45) is 3.42. The Hall–Kier alpha value is -2.44. The van der Waals surface area contributed by atoms with Crippen molar-refractivity contribution in [1.29, 1.82) is 0 Å². The third kappa shape index (κ3) is 3.31. The SMILES string of the molecule is CN(Cc1cnn(C)c1)C(=O)Nc1ccc(F)cc1F. The largest absolute Gasteiger partial charge is 0.323 e. The first-order valence-electron chi connectivity index (χ1n) is 5.90. The second kappa shape index (κ2) is 5.68. The Labute approximate surface area is 114 Å². The smallest absolute Gasteiger partial charge is 0.321 e. The number of halogens is 2. The second-order valence-corrected chi connectivity index (χ2v) is 4.43. The number of carbonyl (C=O) groups is 1. The zero-order valence-electron chi connectivity index (χ0n) is 11.1. The first-order valence-corrected chi connectivity index (χ1v) is 5.90. The molecule has 0 radical (unpaired) electrons. The molecule has 0 aliphatic heterocycles. The Morgan fingerprint density at radius 3 is 2.80 bits per heavy atom. The molecule has 0 saturated carbocycles. The summed E-state index contributed by atoms with van der Waals surface area (Å²) in [5.41, 5.74) is 0.791. The summed E-state index contributed by atoms with van der Waals surface area (Å²) in [5.74, 6) is -1.50. The van der Waals surface area contributed by atoms with Gasteiger partial charge in [0, 0.05) is 31.9 Å². The molecular weight excluding hydrogens is 266 g/mol. The van der Waals surface area contributed by atoms with Crippen LogP contribution in [0.1, 0.15) is 5.56 Å². The molecular formula is C13H14F2N4O. The van der Waals surface area contributed by atoms with E-state index in [2.05, 4.69) is 10.4 Å². The predicted octanol–water partition coefficient (Wildman–Crippen LogP) is 2.36. The topological polar surface area (TPSA) is 50.2 Å². The van der Waals surface area contributed by atoms with Gasteiger partial charge in [0.15, 0.2) is 0 Å². The van der Waals surface area contributed by atoms with E-state index in [1.54, 1.807) is 31.2 Å². The van der Waals surface area contributed by atoms with Gasteiger partial charge in [-0.1, -0.05) is 0 Å². The number of rotatable bonds is 3. The lowest BCUT2D eigenvalue weighted by Crippen LogP contribution is -2.31. The zero-order chi connectivity index (χ0) is 14.7. The number of nitrogens with one attached hydrogen (secondary N) is 1. The summed E-state index contributed by atoms with van der Waals surface area (Å²) in [5, 5.41) is 6.38. The number of carbonyl (C=O) groups excluding carboxylic acids is 1. The van der Waals surface area contributed by atoms with Crippen molar-refractivity contribution in [3.8, 4) is 0 Å². The van der Waals surface area contributed by atoms with Crippen LogP contribution >= 0.6 is 0 Å². The Balaban J connectivity index is 2.00. The molecule has 1 heterocycles. The van der Waals surface area contributed by atoms with E-state index in [0.29, 0.717) is 6.54 Å². The molecule has 2 rings (SSSR count). The summed E-state index contributed by atoms with van der Waals surface area (Å²) >= 11 is 0. The van der Waals surface area contributed by atoms with E-state index in [1.807, 2.05) is 0 Å². The number of hydrogen-bond donors (Lipinski definition) is 1. The average Bonchev–Trinajstić information content (AvgIpc) is 2.78. The summed E-state index contributed by atoms with van der Waals surface area (Å²) < 4.78 is 27.8. The molecule has 1 aromatic heterocycles. The lowest BCUT2D eigenvalue weighted by Gasteiger charge is -2.17. The van der Waals surface area contributed by atoms with Gasteiger partial charge in [-0.3, -0.25) is 4.68 Å². The number of nitrogens with zero attached hydrogens (tertiary/aromatic N) is 3. The number of aromatic nitrogens is 2. The van der Waals surface area contributed by atoms with Crippen molar-refractivity contribution in [1.82, 2.24) is 14.7 Å². The monoisotopic (exact) mass is 280 g/mol. The highest BCUT2D eigenvalue weighted by molar-refractivity contribution is 5.89. The molecule has 0 spiro atoms. The highest BCUT2D eigenvalue weighted by Gasteiger charge is 2.13. The van der Waals surface area contributed by atoms with Crippen molar-refractivity contribution >= 4 is 11.7 Å². The Bertz CT molecular complexity index is 627. The fraction of sp³-hybridized carbons (Fsp3) is 0.231. The van der Waals surface area contributed by atoms with Gasteiger partial charge in [-0.05, 0) is 12.1 Å². The van der Waals surface area contributed by atoms with Gasteiger partial charge in [0.2, 0.25) is 0 Å². The molecule has 0 saturated heterocycles. The Morgan fingerprint density at radius 1 is 1.45 bits per heavy atom. The van der Waals surface area contributed by atoms with Crippen molar-refractivity contribution in [2.75, 3.05) is 12.4 Å². The van der Waals surface area contributed by atoms with Crippen LogP contribution < -0.4 is 5.32 Å². The molecule has 20 heavy (non-hydrogen) atoms. The fourth-order valence-electron chi connectivity index (χ4n) is 1.70. The molecule has 0 atom stereocenters. The summed E-state index contributed by atoms with van der Waals surface area (Å²) in [6, 6.07) is 2.50. The van der Waals surface area contributed by atoms with Crippen molar-refractivity contribution < 1.29 is 13.6 Å². The molecule has 7 heteroatoms. The summed E-state index contributed by atoms with van der Waals surface area (Å²) in [6.45, 7) is 0.336. The van der Waals surface area contributed by atoms with Gasteiger partial charge >= 0.3 is 6.03 Å². The first-order chi connectivity index (χ1) is 9.45. The third-order valence-electron chi connectivity index (χ3n) is 2.70. The Morgan fingerprint density at radius 2 is 2.20 bits per heavy atom. The van der Waals surface area contributed by atoms with E-state index >= 15 is 0 Å². The second-order valence-electron chi connectivity index (χ2n) is 4.43. The van der Waals surface area contributed by atoms with Crippen molar-refractivity contribution in [2.45, 2.75) is 6.54 Å². The zero-order valence-corrected chi connectivity index (χ0v) is 11.1. The van der Waals surface area contributed by atoms with E-state index in [9.17, 15) is 13.6 Å². The minimum atomic E-state index is -0.812. The minimum Gasteiger partial charge on any atom is -0.323 e. The van der Waals surface area contributed by atoms with E-state index in [0.717, 1.165) is 17.7 Å². The molecule has 5 nitrogen and oxygen atoms in total. The predicted molar refractivity (Wildman–Crippen MR) is 70.1 cm³/mol. The van der Waals surface area contributed by atoms with Gasteiger partial charge in [-0.15, -0.1) is 0 Å². The number of anilines is 1. The molecule has 0 bridgehead atoms. The van der Waals surface area contributed by atoms with Crippen LogP contribution in [0.2, 0.25) is 0 Å². The number of urea groups is 1. The maximum absolute atomic E-state index is 13.4. The maximum atomic E-state index is 13.4. The normalized spacial score (nSPS) is 10.4.